The molecule has 4 heteroatoms. The van der Waals surface area contributed by atoms with E-state index >= 15 is 0 Å². The molecule has 0 fully saturated rings. The Balaban J connectivity index is 1.59. The summed E-state index contributed by atoms with van der Waals surface area (Å²) in [6, 6.07) is 20.5. The second kappa shape index (κ2) is 4.96. The van der Waals surface area contributed by atoms with Gasteiger partial charge in [0, 0.05) is 18.1 Å². The van der Waals surface area contributed by atoms with Crippen LogP contribution in [0.4, 0.5) is 11.4 Å². The first kappa shape index (κ1) is 15.8. The summed E-state index contributed by atoms with van der Waals surface area (Å²) in [4.78, 5) is 7.16. The quantitative estimate of drug-likeness (QED) is 0.393. The van der Waals surface area contributed by atoms with Gasteiger partial charge in [-0.05, 0) is 43.7 Å². The molecular formula is C24H20N2O2. The number of rotatable bonds is 0. The third-order valence-corrected chi connectivity index (χ3v) is 6.45. The summed E-state index contributed by atoms with van der Waals surface area (Å²) in [6.45, 7) is 4.44. The maximum atomic E-state index is 6.75. The van der Waals surface area contributed by atoms with Crippen LogP contribution in [0.1, 0.15) is 19.4 Å². The zero-order valence-electron chi connectivity index (χ0n) is 16.1. The number of fused-ring (bicyclic) bond motifs is 6. The molecule has 28 heavy (non-hydrogen) atoms. The fourth-order valence-electron chi connectivity index (χ4n) is 4.87. The van der Waals surface area contributed by atoms with Crippen LogP contribution in [0.2, 0.25) is 0 Å². The fraction of sp³-hybridized carbons (Fsp3) is 0.208. The van der Waals surface area contributed by atoms with Crippen LogP contribution in [0, 0.1) is 0 Å². The van der Waals surface area contributed by atoms with Crippen LogP contribution in [0.15, 0.2) is 70.1 Å². The lowest BCUT2D eigenvalue weighted by Gasteiger charge is -2.44. The highest BCUT2D eigenvalue weighted by atomic mass is 16.5. The Morgan fingerprint density at radius 3 is 2.54 bits per heavy atom. The topological polar surface area (TPSA) is 38.0 Å². The maximum Gasteiger partial charge on any atom is 0.228 e. The molecule has 0 saturated carbocycles. The minimum atomic E-state index is -0.670. The summed E-state index contributed by atoms with van der Waals surface area (Å²) in [5.74, 6) is 0.786. The largest absolute Gasteiger partial charge is 0.459 e. The molecule has 3 heterocycles. The van der Waals surface area contributed by atoms with Crippen LogP contribution in [0.5, 0.6) is 5.75 Å². The Bertz CT molecular complexity index is 1300. The van der Waals surface area contributed by atoms with Gasteiger partial charge in [-0.15, -0.1) is 0 Å². The first-order valence-corrected chi connectivity index (χ1v) is 9.55. The van der Waals surface area contributed by atoms with E-state index in [0.717, 1.165) is 33.4 Å². The Morgan fingerprint density at radius 2 is 1.68 bits per heavy atom. The summed E-state index contributed by atoms with van der Waals surface area (Å²) >= 11 is 0. The Kier molecular flexibility index (Phi) is 2.79. The fourth-order valence-corrected chi connectivity index (χ4v) is 4.87. The number of nitrogens with zero attached hydrogens (tertiary/aromatic N) is 2. The highest BCUT2D eigenvalue weighted by molar-refractivity contribution is 6.13. The number of anilines is 1. The molecule has 6 rings (SSSR count). The first-order valence-electron chi connectivity index (χ1n) is 9.55. The third-order valence-electron chi connectivity index (χ3n) is 6.45. The lowest BCUT2D eigenvalue weighted by Crippen LogP contribution is -2.61. The molecule has 4 nitrogen and oxygen atoms in total. The summed E-state index contributed by atoms with van der Waals surface area (Å²) in [5, 5.41) is 2.07. The van der Waals surface area contributed by atoms with Crippen molar-refractivity contribution in [2.45, 2.75) is 25.0 Å². The third kappa shape index (κ3) is 1.69. The normalized spacial score (nSPS) is 21.9. The highest BCUT2D eigenvalue weighted by Gasteiger charge is 2.58. The minimum absolute atomic E-state index is 0.257. The van der Waals surface area contributed by atoms with Crippen molar-refractivity contribution in [3.63, 3.8) is 0 Å². The van der Waals surface area contributed by atoms with Crippen molar-refractivity contribution >= 4 is 39.5 Å². The van der Waals surface area contributed by atoms with Crippen molar-refractivity contribution in [3.8, 4) is 5.75 Å². The van der Waals surface area contributed by atoms with Crippen LogP contribution in [-0.2, 0) is 5.41 Å². The highest BCUT2D eigenvalue weighted by Crippen LogP contribution is 2.54. The van der Waals surface area contributed by atoms with E-state index in [9.17, 15) is 0 Å². The molecule has 0 saturated heterocycles. The van der Waals surface area contributed by atoms with Gasteiger partial charge in [-0.2, -0.15) is 0 Å². The second-order valence-corrected chi connectivity index (χ2v) is 8.14. The minimum Gasteiger partial charge on any atom is -0.459 e. The van der Waals surface area contributed by atoms with E-state index in [0.29, 0.717) is 0 Å². The molecule has 138 valence electrons. The number of likely N-dealkylation sites (N-methyl/N-ethyl adjacent to an activating group) is 1. The smallest absolute Gasteiger partial charge is 0.228 e. The summed E-state index contributed by atoms with van der Waals surface area (Å²) in [5.41, 5.74) is 4.06. The number of hydrogen-bond acceptors (Lipinski definition) is 4. The van der Waals surface area contributed by atoms with Gasteiger partial charge < -0.3 is 14.1 Å². The van der Waals surface area contributed by atoms with Crippen molar-refractivity contribution in [2.24, 2.45) is 4.99 Å². The number of para-hydroxylation sites is 2. The average Bonchev–Trinajstić information content (AvgIpc) is 3.17. The van der Waals surface area contributed by atoms with Gasteiger partial charge in [0.15, 0.2) is 0 Å². The number of hydrogen-bond donors (Lipinski definition) is 0. The van der Waals surface area contributed by atoms with E-state index in [2.05, 4.69) is 56.1 Å². The van der Waals surface area contributed by atoms with Gasteiger partial charge in [-0.3, -0.25) is 4.99 Å². The zero-order chi connectivity index (χ0) is 19.1. The van der Waals surface area contributed by atoms with Crippen molar-refractivity contribution < 1.29 is 9.15 Å². The van der Waals surface area contributed by atoms with Crippen LogP contribution < -0.4 is 9.64 Å². The molecule has 4 aromatic rings. The first-order chi connectivity index (χ1) is 13.5. The van der Waals surface area contributed by atoms with Crippen LogP contribution in [0.25, 0.3) is 21.9 Å². The van der Waals surface area contributed by atoms with Crippen LogP contribution in [0.3, 0.4) is 0 Å². The molecule has 0 amide bonds. The molecule has 2 aliphatic heterocycles. The van der Waals surface area contributed by atoms with Gasteiger partial charge in [-0.25, -0.2) is 0 Å². The number of benzene rings is 3. The summed E-state index contributed by atoms with van der Waals surface area (Å²) in [7, 11) is 2.08. The maximum absolute atomic E-state index is 6.75. The van der Waals surface area contributed by atoms with E-state index in [1.165, 1.54) is 11.3 Å². The predicted octanol–water partition coefficient (Wildman–Crippen LogP) is 5.80. The Morgan fingerprint density at radius 1 is 0.893 bits per heavy atom. The zero-order valence-corrected chi connectivity index (χ0v) is 16.1. The van der Waals surface area contributed by atoms with Gasteiger partial charge in [-0.1, -0.05) is 36.4 Å². The van der Waals surface area contributed by atoms with Crippen LogP contribution >= 0.6 is 0 Å². The van der Waals surface area contributed by atoms with E-state index in [4.69, 9.17) is 14.1 Å². The Labute approximate surface area is 163 Å². The standard InChI is InChI=1S/C24H20N2O2/c1-23(2)16-9-5-6-10-17(16)26(3)24(23)14-25-22-20(28-24)13-12-19-21(22)15-8-4-7-11-18(15)27-19/h4-14H,1-3H3. The van der Waals surface area contributed by atoms with Gasteiger partial charge in [0.1, 0.15) is 22.6 Å². The number of ether oxygens (including phenoxy) is 1. The molecule has 1 spiro atoms. The molecule has 0 aliphatic carbocycles. The van der Waals surface area contributed by atoms with E-state index in [1.54, 1.807) is 0 Å². The lowest BCUT2D eigenvalue weighted by atomic mass is 9.77. The van der Waals surface area contributed by atoms with Gasteiger partial charge >= 0.3 is 0 Å². The molecule has 0 radical (unpaired) electrons. The molecule has 1 aromatic heterocycles. The summed E-state index contributed by atoms with van der Waals surface area (Å²) in [6.07, 6.45) is 1.97. The number of furan rings is 1. The SMILES string of the molecule is CN1c2ccccc2C(C)(C)C12C=Nc1c(ccc3oc4ccccc4c13)O2. The van der Waals surface area contributed by atoms with Gasteiger partial charge in [0.05, 0.1) is 17.0 Å². The molecule has 2 aliphatic rings. The van der Waals surface area contributed by atoms with Gasteiger partial charge in [0.25, 0.3) is 0 Å². The van der Waals surface area contributed by atoms with E-state index in [-0.39, 0.29) is 5.41 Å². The lowest BCUT2D eigenvalue weighted by molar-refractivity contribution is 0.0826. The van der Waals surface area contributed by atoms with Crippen molar-refractivity contribution in [2.75, 3.05) is 11.9 Å². The molecule has 3 aromatic carbocycles. The summed E-state index contributed by atoms with van der Waals surface area (Å²) < 4.78 is 12.8. The average molecular weight is 368 g/mol. The predicted molar refractivity (Wildman–Crippen MR) is 113 cm³/mol. The molecule has 1 unspecified atom stereocenters. The molecule has 0 N–H and O–H groups in total. The van der Waals surface area contributed by atoms with Crippen molar-refractivity contribution in [1.82, 2.24) is 0 Å². The van der Waals surface area contributed by atoms with Gasteiger partial charge in [0.2, 0.25) is 5.72 Å². The molecule has 0 bridgehead atoms. The van der Waals surface area contributed by atoms with Crippen molar-refractivity contribution in [1.29, 1.82) is 0 Å². The monoisotopic (exact) mass is 368 g/mol. The van der Waals surface area contributed by atoms with Crippen LogP contribution in [-0.4, -0.2) is 19.0 Å². The van der Waals surface area contributed by atoms with E-state index in [1.807, 2.05) is 36.5 Å². The van der Waals surface area contributed by atoms with E-state index < -0.39 is 5.72 Å². The Hall–Kier alpha value is -3.27. The molecule has 1 atom stereocenters. The number of aliphatic imine (C=N–C) groups is 1. The molecular weight excluding hydrogens is 348 g/mol. The van der Waals surface area contributed by atoms with Crippen molar-refractivity contribution in [3.05, 3.63) is 66.2 Å². The second-order valence-electron chi connectivity index (χ2n) is 8.14.